The van der Waals surface area contributed by atoms with Gasteiger partial charge in [-0.25, -0.2) is 0 Å². The fourth-order valence-electron chi connectivity index (χ4n) is 3.03. The van der Waals surface area contributed by atoms with Gasteiger partial charge in [-0.3, -0.25) is 9.59 Å². The number of halogens is 1. The Hall–Kier alpha value is -3.36. The fraction of sp³-hybridized carbons (Fsp3) is 0.200. The predicted octanol–water partition coefficient (Wildman–Crippen LogP) is 5.74. The van der Waals surface area contributed by atoms with E-state index < -0.39 is 5.25 Å². The van der Waals surface area contributed by atoms with E-state index in [9.17, 15) is 9.59 Å². The van der Waals surface area contributed by atoms with Crippen LogP contribution in [-0.4, -0.2) is 38.4 Å². The Morgan fingerprint density at radius 1 is 0.882 bits per heavy atom. The second-order valence-corrected chi connectivity index (χ2v) is 8.97. The summed E-state index contributed by atoms with van der Waals surface area (Å²) in [7, 11) is 4.57. The van der Waals surface area contributed by atoms with Gasteiger partial charge in [0.2, 0.25) is 5.91 Å². The molecule has 0 fully saturated rings. The van der Waals surface area contributed by atoms with Crippen molar-refractivity contribution in [1.29, 1.82) is 0 Å². The molecule has 0 aliphatic rings. The van der Waals surface area contributed by atoms with Crippen molar-refractivity contribution in [2.45, 2.75) is 17.1 Å². The van der Waals surface area contributed by atoms with Crippen molar-refractivity contribution < 1.29 is 23.8 Å². The van der Waals surface area contributed by atoms with Crippen LogP contribution in [0.4, 0.5) is 11.4 Å². The lowest BCUT2D eigenvalue weighted by Crippen LogP contribution is -2.22. The summed E-state index contributed by atoms with van der Waals surface area (Å²) in [6.07, 6.45) is 0. The topological polar surface area (TPSA) is 85.9 Å². The van der Waals surface area contributed by atoms with Crippen LogP contribution >= 0.6 is 23.4 Å². The van der Waals surface area contributed by atoms with Gasteiger partial charge < -0.3 is 24.8 Å². The van der Waals surface area contributed by atoms with Crippen molar-refractivity contribution in [3.8, 4) is 17.2 Å². The molecule has 0 spiro atoms. The van der Waals surface area contributed by atoms with E-state index in [1.165, 1.54) is 26.0 Å². The third-order valence-electron chi connectivity index (χ3n) is 4.86. The zero-order chi connectivity index (χ0) is 24.7. The number of hydrogen-bond acceptors (Lipinski definition) is 6. The average Bonchev–Trinajstić information content (AvgIpc) is 2.85. The number of ether oxygens (including phenoxy) is 3. The third kappa shape index (κ3) is 6.36. The predicted molar refractivity (Wildman–Crippen MR) is 136 cm³/mol. The molecule has 1 atom stereocenters. The lowest BCUT2D eigenvalue weighted by Gasteiger charge is -2.16. The summed E-state index contributed by atoms with van der Waals surface area (Å²) < 4.78 is 15.7. The third-order valence-corrected chi connectivity index (χ3v) is 6.27. The lowest BCUT2D eigenvalue weighted by molar-refractivity contribution is -0.115. The highest BCUT2D eigenvalue weighted by Gasteiger charge is 2.18. The first kappa shape index (κ1) is 25.3. The van der Waals surface area contributed by atoms with Crippen molar-refractivity contribution >= 4 is 46.6 Å². The lowest BCUT2D eigenvalue weighted by atomic mass is 10.2. The van der Waals surface area contributed by atoms with E-state index >= 15 is 0 Å². The number of carbonyl (C=O) groups excluding carboxylic acids is 2. The van der Waals surface area contributed by atoms with Crippen LogP contribution in [0.5, 0.6) is 17.2 Å². The van der Waals surface area contributed by atoms with Crippen LogP contribution in [0, 0.1) is 0 Å². The number of rotatable bonds is 9. The van der Waals surface area contributed by atoms with E-state index in [1.807, 2.05) is 12.1 Å². The highest BCUT2D eigenvalue weighted by atomic mass is 35.5. The second-order valence-electron chi connectivity index (χ2n) is 7.15. The van der Waals surface area contributed by atoms with Gasteiger partial charge in [0.25, 0.3) is 5.91 Å². The summed E-state index contributed by atoms with van der Waals surface area (Å²) in [5, 5.41) is 5.67. The minimum atomic E-state index is -0.400. The van der Waals surface area contributed by atoms with Crippen LogP contribution in [0.2, 0.25) is 5.02 Å². The Morgan fingerprint density at radius 3 is 2.24 bits per heavy atom. The molecule has 2 N–H and O–H groups in total. The minimum Gasteiger partial charge on any atom is -0.497 e. The molecule has 0 aliphatic heterocycles. The normalized spacial score (nSPS) is 11.3. The number of benzene rings is 3. The first-order chi connectivity index (χ1) is 16.3. The highest BCUT2D eigenvalue weighted by molar-refractivity contribution is 8.00. The van der Waals surface area contributed by atoms with Crippen LogP contribution in [0.15, 0.2) is 65.6 Å². The van der Waals surface area contributed by atoms with Gasteiger partial charge in [0, 0.05) is 22.2 Å². The van der Waals surface area contributed by atoms with Crippen LogP contribution in [0.3, 0.4) is 0 Å². The molecular weight excluding hydrogens is 476 g/mol. The molecule has 178 valence electrons. The molecule has 0 aliphatic carbocycles. The first-order valence-corrected chi connectivity index (χ1v) is 11.5. The molecule has 34 heavy (non-hydrogen) atoms. The Labute approximate surface area is 207 Å². The summed E-state index contributed by atoms with van der Waals surface area (Å²) in [6, 6.07) is 17.4. The summed E-state index contributed by atoms with van der Waals surface area (Å²) in [5.74, 6) is 1.07. The molecule has 0 aromatic heterocycles. The number of thioether (sulfide) groups is 1. The van der Waals surface area contributed by atoms with Crippen LogP contribution in [0.1, 0.15) is 17.3 Å². The molecule has 1 unspecified atom stereocenters. The average molecular weight is 501 g/mol. The summed E-state index contributed by atoms with van der Waals surface area (Å²) in [5.41, 5.74) is 1.60. The maximum atomic E-state index is 12.7. The molecule has 9 heteroatoms. The number of anilines is 2. The van der Waals surface area contributed by atoms with Gasteiger partial charge in [-0.15, -0.1) is 11.8 Å². The molecule has 3 aromatic carbocycles. The second kappa shape index (κ2) is 11.7. The van der Waals surface area contributed by atoms with E-state index in [1.54, 1.807) is 62.6 Å². The molecular formula is C25H25ClN2O5S. The minimum absolute atomic E-state index is 0.208. The molecule has 0 radical (unpaired) electrons. The molecule has 3 rings (SSSR count). The van der Waals surface area contributed by atoms with Gasteiger partial charge >= 0.3 is 0 Å². The standard InChI is InChI=1S/C25H25ClN2O5S/c1-15(24(29)28-21-13-20(26)22(32-3)14-23(21)33-4)34-19-10-8-17(9-11-19)27-25(30)16-6-5-7-18(12-16)31-2/h5-15H,1-4H3,(H,27,30)(H,28,29). The van der Waals surface area contributed by atoms with Gasteiger partial charge in [0.05, 0.1) is 37.3 Å². The van der Waals surface area contributed by atoms with Gasteiger partial charge in [-0.2, -0.15) is 0 Å². The van der Waals surface area contributed by atoms with Gasteiger partial charge in [0.1, 0.15) is 17.2 Å². The van der Waals surface area contributed by atoms with Crippen LogP contribution in [0.25, 0.3) is 0 Å². The quantitative estimate of drug-likeness (QED) is 0.364. The maximum absolute atomic E-state index is 12.7. The molecule has 7 nitrogen and oxygen atoms in total. The van der Waals surface area contributed by atoms with E-state index in [4.69, 9.17) is 25.8 Å². The maximum Gasteiger partial charge on any atom is 0.255 e. The van der Waals surface area contributed by atoms with Crippen molar-refractivity contribution in [2.75, 3.05) is 32.0 Å². The molecule has 3 aromatic rings. The number of nitrogens with one attached hydrogen (secondary N) is 2. The van der Waals surface area contributed by atoms with E-state index in [2.05, 4.69) is 10.6 Å². The largest absolute Gasteiger partial charge is 0.497 e. The fourth-order valence-corrected chi connectivity index (χ4v) is 4.14. The molecule has 0 saturated heterocycles. The van der Waals surface area contributed by atoms with Crippen molar-refractivity contribution in [2.24, 2.45) is 0 Å². The van der Waals surface area contributed by atoms with Crippen molar-refractivity contribution in [3.63, 3.8) is 0 Å². The van der Waals surface area contributed by atoms with E-state index in [-0.39, 0.29) is 11.8 Å². The summed E-state index contributed by atoms with van der Waals surface area (Å²) in [4.78, 5) is 26.1. The zero-order valence-electron chi connectivity index (χ0n) is 19.2. The summed E-state index contributed by atoms with van der Waals surface area (Å²) >= 11 is 7.57. The van der Waals surface area contributed by atoms with Gasteiger partial charge in [-0.1, -0.05) is 17.7 Å². The zero-order valence-corrected chi connectivity index (χ0v) is 20.8. The van der Waals surface area contributed by atoms with Crippen LogP contribution in [-0.2, 0) is 4.79 Å². The SMILES string of the molecule is COc1cccc(C(=O)Nc2ccc(SC(C)C(=O)Nc3cc(Cl)c(OC)cc3OC)cc2)c1. The summed E-state index contributed by atoms with van der Waals surface area (Å²) in [6.45, 7) is 1.80. The molecule has 0 saturated carbocycles. The number of methoxy groups -OCH3 is 3. The smallest absolute Gasteiger partial charge is 0.255 e. The highest BCUT2D eigenvalue weighted by Crippen LogP contribution is 2.36. The first-order valence-electron chi connectivity index (χ1n) is 10.3. The van der Waals surface area contributed by atoms with Crippen molar-refractivity contribution in [1.82, 2.24) is 0 Å². The molecule has 0 bridgehead atoms. The monoisotopic (exact) mass is 500 g/mol. The number of carbonyl (C=O) groups is 2. The van der Waals surface area contributed by atoms with Gasteiger partial charge in [0.15, 0.2) is 0 Å². The Morgan fingerprint density at radius 2 is 1.59 bits per heavy atom. The van der Waals surface area contributed by atoms with Crippen molar-refractivity contribution in [3.05, 3.63) is 71.2 Å². The van der Waals surface area contributed by atoms with Gasteiger partial charge in [-0.05, 0) is 55.5 Å². The molecule has 0 heterocycles. The number of amides is 2. The molecule has 2 amide bonds. The Balaban J connectivity index is 1.61. The Kier molecular flexibility index (Phi) is 8.67. The number of hydrogen-bond donors (Lipinski definition) is 2. The van der Waals surface area contributed by atoms with E-state index in [0.29, 0.717) is 39.2 Å². The van der Waals surface area contributed by atoms with E-state index in [0.717, 1.165) is 4.90 Å². The Bertz CT molecular complexity index is 1170. The van der Waals surface area contributed by atoms with Crippen LogP contribution < -0.4 is 24.8 Å².